The van der Waals surface area contributed by atoms with Crippen molar-refractivity contribution in [3.05, 3.63) is 84.1 Å². The summed E-state index contributed by atoms with van der Waals surface area (Å²) >= 11 is 0. The van der Waals surface area contributed by atoms with Gasteiger partial charge in [-0.15, -0.1) is 5.10 Å². The highest BCUT2D eigenvalue weighted by molar-refractivity contribution is 6.00. The third kappa shape index (κ3) is 4.34. The van der Waals surface area contributed by atoms with Gasteiger partial charge in [-0.1, -0.05) is 0 Å². The van der Waals surface area contributed by atoms with Gasteiger partial charge in [-0.25, -0.2) is 14.1 Å². The van der Waals surface area contributed by atoms with Crippen molar-refractivity contribution in [3.63, 3.8) is 0 Å². The molecule has 0 aliphatic heterocycles. The Hall–Kier alpha value is -3.88. The van der Waals surface area contributed by atoms with E-state index >= 15 is 0 Å². The molecule has 1 aromatic carbocycles. The first-order chi connectivity index (χ1) is 14.1. The van der Waals surface area contributed by atoms with Crippen LogP contribution in [0.2, 0.25) is 0 Å². The van der Waals surface area contributed by atoms with E-state index in [9.17, 15) is 9.18 Å². The zero-order chi connectivity index (χ0) is 20.2. The molecule has 146 valence electrons. The molecule has 4 aromatic rings. The average Bonchev–Trinajstić information content (AvgIpc) is 3.34. The Bertz CT molecular complexity index is 1120. The van der Waals surface area contributed by atoms with Gasteiger partial charge in [0, 0.05) is 31.2 Å². The minimum Gasteiger partial charge on any atom is -0.302 e. The summed E-state index contributed by atoms with van der Waals surface area (Å²) in [6.07, 6.45) is 6.11. The molecule has 0 unspecified atom stereocenters. The van der Waals surface area contributed by atoms with Gasteiger partial charge < -0.3 is 5.32 Å². The van der Waals surface area contributed by atoms with Crippen molar-refractivity contribution in [2.24, 2.45) is 0 Å². The topological polar surface area (TPSA) is 90.5 Å². The van der Waals surface area contributed by atoms with Crippen LogP contribution < -0.4 is 5.32 Å². The lowest BCUT2D eigenvalue weighted by Gasteiger charge is -2.02. The monoisotopic (exact) mass is 391 g/mol. The van der Waals surface area contributed by atoms with Gasteiger partial charge in [0.05, 0.1) is 5.69 Å². The summed E-state index contributed by atoms with van der Waals surface area (Å²) in [6, 6.07) is 11.4. The van der Waals surface area contributed by atoms with Crippen LogP contribution in [0.15, 0.2) is 61.1 Å². The number of rotatable bonds is 6. The number of nitrogens with zero attached hydrogens (tertiary/aromatic N) is 6. The standard InChI is InChI=1S/C20H18FN7O/c1-14-23-19(26-28(14)17-4-2-16(21)3-5-17)20(29)24-18-9-13-27(25-18)12-8-15-6-10-22-11-7-15/h2-7,9-11,13H,8,12H2,1H3,(H,24,25,29). The molecule has 4 rings (SSSR count). The van der Waals surface area contributed by atoms with Gasteiger partial charge in [0.15, 0.2) is 5.82 Å². The quantitative estimate of drug-likeness (QED) is 0.546. The summed E-state index contributed by atoms with van der Waals surface area (Å²) < 4.78 is 16.4. The molecule has 0 radical (unpaired) electrons. The Morgan fingerprint density at radius 1 is 1.07 bits per heavy atom. The summed E-state index contributed by atoms with van der Waals surface area (Å²) in [4.78, 5) is 20.7. The zero-order valence-electron chi connectivity index (χ0n) is 15.7. The smallest absolute Gasteiger partial charge is 0.296 e. The van der Waals surface area contributed by atoms with E-state index in [2.05, 4.69) is 25.5 Å². The summed E-state index contributed by atoms with van der Waals surface area (Å²) in [5, 5.41) is 11.3. The highest BCUT2D eigenvalue weighted by Crippen LogP contribution is 2.12. The van der Waals surface area contributed by atoms with Crippen LogP contribution in [-0.4, -0.2) is 35.4 Å². The Kier molecular flexibility index (Phi) is 5.10. The number of aromatic nitrogens is 6. The lowest BCUT2D eigenvalue weighted by molar-refractivity contribution is 0.101. The van der Waals surface area contributed by atoms with E-state index in [1.54, 1.807) is 48.4 Å². The van der Waals surface area contributed by atoms with E-state index in [1.165, 1.54) is 16.8 Å². The van der Waals surface area contributed by atoms with Crippen molar-refractivity contribution in [2.45, 2.75) is 19.9 Å². The normalized spacial score (nSPS) is 10.8. The number of carbonyl (C=O) groups is 1. The van der Waals surface area contributed by atoms with Crippen LogP contribution >= 0.6 is 0 Å². The van der Waals surface area contributed by atoms with Crippen LogP contribution in [0.1, 0.15) is 22.0 Å². The van der Waals surface area contributed by atoms with Crippen molar-refractivity contribution < 1.29 is 9.18 Å². The van der Waals surface area contributed by atoms with Crippen molar-refractivity contribution >= 4 is 11.7 Å². The Balaban J connectivity index is 1.41. The van der Waals surface area contributed by atoms with E-state index in [0.29, 0.717) is 23.9 Å². The summed E-state index contributed by atoms with van der Waals surface area (Å²) in [5.41, 5.74) is 1.78. The van der Waals surface area contributed by atoms with E-state index in [0.717, 1.165) is 12.0 Å². The molecule has 3 heterocycles. The number of nitrogens with one attached hydrogen (secondary N) is 1. The molecule has 0 atom stereocenters. The first kappa shape index (κ1) is 18.5. The third-order valence-electron chi connectivity index (χ3n) is 4.30. The van der Waals surface area contributed by atoms with Gasteiger partial charge in [0.25, 0.3) is 5.91 Å². The third-order valence-corrected chi connectivity index (χ3v) is 4.30. The number of halogens is 1. The molecule has 0 spiro atoms. The molecule has 3 aromatic heterocycles. The highest BCUT2D eigenvalue weighted by Gasteiger charge is 2.16. The number of amides is 1. The fourth-order valence-electron chi connectivity index (χ4n) is 2.83. The Labute approximate surface area is 166 Å². The molecule has 0 aliphatic rings. The second-order valence-electron chi connectivity index (χ2n) is 6.39. The maximum atomic E-state index is 13.1. The number of benzene rings is 1. The van der Waals surface area contributed by atoms with Crippen LogP contribution in [0.4, 0.5) is 10.2 Å². The maximum Gasteiger partial charge on any atom is 0.296 e. The Morgan fingerprint density at radius 3 is 2.59 bits per heavy atom. The number of carbonyl (C=O) groups excluding carboxylic acids is 1. The SMILES string of the molecule is Cc1nc(C(=O)Nc2ccn(CCc3ccncc3)n2)nn1-c1ccc(F)cc1. The van der Waals surface area contributed by atoms with Crippen LogP contribution in [0.5, 0.6) is 0 Å². The second-order valence-corrected chi connectivity index (χ2v) is 6.39. The number of hydrogen-bond donors (Lipinski definition) is 1. The van der Waals surface area contributed by atoms with Crippen LogP contribution in [0.3, 0.4) is 0 Å². The predicted molar refractivity (Wildman–Crippen MR) is 104 cm³/mol. The van der Waals surface area contributed by atoms with Crippen molar-refractivity contribution in [3.8, 4) is 5.69 Å². The van der Waals surface area contributed by atoms with Gasteiger partial charge in [-0.05, 0) is 55.3 Å². The second kappa shape index (κ2) is 8.01. The number of hydrogen-bond acceptors (Lipinski definition) is 5. The fraction of sp³-hybridized carbons (Fsp3) is 0.150. The first-order valence-electron chi connectivity index (χ1n) is 9.02. The van der Waals surface area contributed by atoms with E-state index < -0.39 is 5.91 Å². The number of anilines is 1. The van der Waals surface area contributed by atoms with Crippen LogP contribution in [0, 0.1) is 12.7 Å². The molecule has 29 heavy (non-hydrogen) atoms. The van der Waals surface area contributed by atoms with E-state index in [4.69, 9.17) is 0 Å². The average molecular weight is 391 g/mol. The Morgan fingerprint density at radius 2 is 1.83 bits per heavy atom. The zero-order valence-corrected chi connectivity index (χ0v) is 15.7. The molecule has 8 nitrogen and oxygen atoms in total. The minimum atomic E-state index is -0.464. The molecule has 0 bridgehead atoms. The van der Waals surface area contributed by atoms with Gasteiger partial charge in [-0.2, -0.15) is 5.10 Å². The molecular weight excluding hydrogens is 373 g/mol. The molecule has 1 amide bonds. The van der Waals surface area contributed by atoms with Crippen molar-refractivity contribution in [1.29, 1.82) is 0 Å². The van der Waals surface area contributed by atoms with Gasteiger partial charge >= 0.3 is 0 Å². The fourth-order valence-corrected chi connectivity index (χ4v) is 2.83. The molecular formula is C20H18FN7O. The number of pyridine rings is 1. The van der Waals surface area contributed by atoms with Gasteiger partial charge in [0.2, 0.25) is 5.82 Å². The largest absolute Gasteiger partial charge is 0.302 e. The lowest BCUT2D eigenvalue weighted by atomic mass is 10.2. The summed E-state index contributed by atoms with van der Waals surface area (Å²) in [6.45, 7) is 2.40. The number of aryl methyl sites for hydroxylation is 3. The first-order valence-corrected chi connectivity index (χ1v) is 9.02. The molecule has 0 aliphatic carbocycles. The molecule has 0 saturated heterocycles. The maximum absolute atomic E-state index is 13.1. The van der Waals surface area contributed by atoms with Crippen molar-refractivity contribution in [2.75, 3.05) is 5.32 Å². The van der Waals surface area contributed by atoms with Crippen LogP contribution in [-0.2, 0) is 13.0 Å². The highest BCUT2D eigenvalue weighted by atomic mass is 19.1. The van der Waals surface area contributed by atoms with Gasteiger partial charge in [-0.3, -0.25) is 14.5 Å². The van der Waals surface area contributed by atoms with Gasteiger partial charge in [0.1, 0.15) is 11.6 Å². The van der Waals surface area contributed by atoms with E-state index in [1.807, 2.05) is 12.1 Å². The lowest BCUT2D eigenvalue weighted by Crippen LogP contribution is -2.15. The molecule has 1 N–H and O–H groups in total. The summed E-state index contributed by atoms with van der Waals surface area (Å²) in [5.74, 6) is 0.140. The molecule has 9 heteroatoms. The van der Waals surface area contributed by atoms with Crippen LogP contribution in [0.25, 0.3) is 5.69 Å². The minimum absolute atomic E-state index is 0.0122. The molecule has 0 saturated carbocycles. The molecule has 0 fully saturated rings. The van der Waals surface area contributed by atoms with E-state index in [-0.39, 0.29) is 11.6 Å². The predicted octanol–water partition coefficient (Wildman–Crippen LogP) is 2.80. The van der Waals surface area contributed by atoms with Crippen molar-refractivity contribution in [1.82, 2.24) is 29.5 Å². The summed E-state index contributed by atoms with van der Waals surface area (Å²) in [7, 11) is 0.